The number of rotatable bonds is 7. The van der Waals surface area contributed by atoms with Crippen LogP contribution in [-0.2, 0) is 16.5 Å². The van der Waals surface area contributed by atoms with Crippen molar-refractivity contribution in [3.63, 3.8) is 0 Å². The van der Waals surface area contributed by atoms with E-state index in [1.54, 1.807) is 0 Å². The number of hydrogen-bond donors (Lipinski definition) is 8. The standard InChI is InChI=1S/C26H34N6O4S/c1-14-9-18(10-15(2)22(14)27)13-19-11-16(3)23(17(4)12-19)29-25-30-24(31-26(33)32-25)28-20-5-7-21(8-6-20)37(34,35)36/h5-12,24-26,28-33H,13,27H2,1-4H3,(H,34,35,36). The van der Waals surface area contributed by atoms with Crippen LogP contribution in [0.2, 0.25) is 0 Å². The number of anilines is 3. The van der Waals surface area contributed by atoms with Gasteiger partial charge in [0.05, 0.1) is 4.90 Å². The predicted molar refractivity (Wildman–Crippen MR) is 146 cm³/mol. The molecule has 198 valence electrons. The molecular weight excluding hydrogens is 492 g/mol. The molecule has 0 aliphatic carbocycles. The normalized spacial score (nSPS) is 20.0. The van der Waals surface area contributed by atoms with E-state index >= 15 is 0 Å². The Morgan fingerprint density at radius 2 is 1.30 bits per heavy atom. The zero-order valence-electron chi connectivity index (χ0n) is 21.3. The first-order valence-electron chi connectivity index (χ1n) is 11.9. The highest BCUT2D eigenvalue weighted by molar-refractivity contribution is 7.85. The molecule has 1 fully saturated rings. The summed E-state index contributed by atoms with van der Waals surface area (Å²) < 4.78 is 31.7. The zero-order valence-corrected chi connectivity index (χ0v) is 22.1. The van der Waals surface area contributed by atoms with E-state index in [2.05, 4.69) is 50.8 Å². The second-order valence-corrected chi connectivity index (χ2v) is 10.9. The summed E-state index contributed by atoms with van der Waals surface area (Å²) in [5, 5.41) is 26.0. The van der Waals surface area contributed by atoms with Gasteiger partial charge in [-0.1, -0.05) is 24.3 Å². The van der Waals surface area contributed by atoms with Crippen LogP contribution in [0.15, 0.2) is 53.4 Å². The molecule has 1 heterocycles. The lowest BCUT2D eigenvalue weighted by Crippen LogP contribution is -2.71. The molecule has 1 saturated heterocycles. The fourth-order valence-electron chi connectivity index (χ4n) is 4.61. The van der Waals surface area contributed by atoms with E-state index in [-0.39, 0.29) is 4.90 Å². The van der Waals surface area contributed by atoms with Crippen molar-refractivity contribution in [3.05, 3.63) is 81.9 Å². The first-order valence-corrected chi connectivity index (χ1v) is 13.4. The first kappa shape index (κ1) is 26.9. The highest BCUT2D eigenvalue weighted by Gasteiger charge is 2.26. The molecule has 3 aromatic carbocycles. The molecular formula is C26H34N6O4S. The third-order valence-corrected chi connectivity index (χ3v) is 7.26. The van der Waals surface area contributed by atoms with Crippen LogP contribution in [0.25, 0.3) is 0 Å². The lowest BCUT2D eigenvalue weighted by molar-refractivity contribution is 0.0402. The second kappa shape index (κ2) is 10.7. The van der Waals surface area contributed by atoms with E-state index in [1.807, 2.05) is 27.7 Å². The average Bonchev–Trinajstić information content (AvgIpc) is 2.79. The predicted octanol–water partition coefficient (Wildman–Crippen LogP) is 2.49. The molecule has 9 N–H and O–H groups in total. The van der Waals surface area contributed by atoms with Gasteiger partial charge in [-0.15, -0.1) is 0 Å². The van der Waals surface area contributed by atoms with Gasteiger partial charge in [-0.3, -0.25) is 9.87 Å². The van der Waals surface area contributed by atoms with Gasteiger partial charge in [0, 0.05) is 17.1 Å². The smallest absolute Gasteiger partial charge is 0.294 e. The number of nitrogens with two attached hydrogens (primary N) is 1. The number of benzene rings is 3. The quantitative estimate of drug-likeness (QED) is 0.170. The van der Waals surface area contributed by atoms with Crippen molar-refractivity contribution in [2.75, 3.05) is 16.4 Å². The van der Waals surface area contributed by atoms with Crippen LogP contribution < -0.4 is 32.3 Å². The summed E-state index contributed by atoms with van der Waals surface area (Å²) in [6.45, 7) is 8.14. The van der Waals surface area contributed by atoms with Crippen LogP contribution in [0.3, 0.4) is 0 Å². The van der Waals surface area contributed by atoms with Crippen molar-refractivity contribution < 1.29 is 18.1 Å². The maximum Gasteiger partial charge on any atom is 0.294 e. The SMILES string of the molecule is Cc1cc(Cc2cc(C)c(NC3NC(O)NC(Nc4ccc(S(=O)(=O)O)cc4)N3)c(C)c2)cc(C)c1N. The van der Waals surface area contributed by atoms with Crippen molar-refractivity contribution >= 4 is 27.2 Å². The van der Waals surface area contributed by atoms with Crippen molar-refractivity contribution in [1.82, 2.24) is 16.0 Å². The van der Waals surface area contributed by atoms with Gasteiger partial charge in [-0.25, -0.2) is 10.6 Å². The molecule has 0 radical (unpaired) electrons. The number of nitrogen functional groups attached to an aromatic ring is 1. The highest BCUT2D eigenvalue weighted by Crippen LogP contribution is 2.26. The lowest BCUT2D eigenvalue weighted by atomic mass is 9.96. The summed E-state index contributed by atoms with van der Waals surface area (Å²) in [4.78, 5) is -0.195. The van der Waals surface area contributed by atoms with E-state index in [4.69, 9.17) is 10.3 Å². The summed E-state index contributed by atoms with van der Waals surface area (Å²) in [5.74, 6) is 0. The molecule has 37 heavy (non-hydrogen) atoms. The lowest BCUT2D eigenvalue weighted by Gasteiger charge is -2.38. The average molecular weight is 527 g/mol. The Morgan fingerprint density at radius 1 is 0.811 bits per heavy atom. The molecule has 0 aromatic heterocycles. The fourth-order valence-corrected chi connectivity index (χ4v) is 5.09. The fraction of sp³-hybridized carbons (Fsp3) is 0.308. The summed E-state index contributed by atoms with van der Waals surface area (Å²) in [7, 11) is -4.26. The molecule has 0 bridgehead atoms. The van der Waals surface area contributed by atoms with Crippen LogP contribution in [0.4, 0.5) is 17.1 Å². The molecule has 11 heteroatoms. The van der Waals surface area contributed by atoms with Gasteiger partial charge >= 0.3 is 0 Å². The van der Waals surface area contributed by atoms with Crippen molar-refractivity contribution in [1.29, 1.82) is 0 Å². The van der Waals surface area contributed by atoms with E-state index in [0.717, 1.165) is 40.0 Å². The number of aryl methyl sites for hydroxylation is 4. The Hall–Kier alpha value is -3.19. The van der Waals surface area contributed by atoms with E-state index < -0.39 is 29.0 Å². The molecule has 4 rings (SSSR count). The summed E-state index contributed by atoms with van der Waals surface area (Å²) in [6.07, 6.45) is -1.22. The van der Waals surface area contributed by atoms with Crippen LogP contribution in [0, 0.1) is 27.7 Å². The number of nitrogens with one attached hydrogen (secondary N) is 5. The second-order valence-electron chi connectivity index (χ2n) is 9.48. The Morgan fingerprint density at radius 3 is 1.81 bits per heavy atom. The van der Waals surface area contributed by atoms with Crippen LogP contribution >= 0.6 is 0 Å². The van der Waals surface area contributed by atoms with Gasteiger partial charge in [0.15, 0.2) is 6.35 Å². The Kier molecular flexibility index (Phi) is 7.74. The van der Waals surface area contributed by atoms with Gasteiger partial charge in [0.25, 0.3) is 10.1 Å². The van der Waals surface area contributed by atoms with Crippen molar-refractivity contribution in [2.24, 2.45) is 0 Å². The number of aliphatic hydroxyl groups excluding tert-OH is 1. The largest absolute Gasteiger partial charge is 0.398 e. The third-order valence-electron chi connectivity index (χ3n) is 6.39. The summed E-state index contributed by atoms with van der Waals surface area (Å²) in [5.41, 5.74) is 15.2. The van der Waals surface area contributed by atoms with Crippen molar-refractivity contribution in [3.8, 4) is 0 Å². The zero-order chi connectivity index (χ0) is 26.9. The monoisotopic (exact) mass is 526 g/mol. The molecule has 1 aliphatic rings. The topological polar surface area (TPSA) is 161 Å². The Labute approximate surface area is 217 Å². The molecule has 3 aromatic rings. The molecule has 0 spiro atoms. The Balaban J connectivity index is 1.44. The molecule has 0 saturated carbocycles. The number of hydrogen-bond acceptors (Lipinski definition) is 9. The van der Waals surface area contributed by atoms with Gasteiger partial charge in [0.2, 0.25) is 0 Å². The Bertz CT molecular complexity index is 1350. The van der Waals surface area contributed by atoms with E-state index in [1.165, 1.54) is 35.4 Å². The van der Waals surface area contributed by atoms with Crippen LogP contribution in [0.1, 0.15) is 33.4 Å². The molecule has 3 atom stereocenters. The van der Waals surface area contributed by atoms with E-state index in [9.17, 15) is 13.5 Å². The van der Waals surface area contributed by atoms with Gasteiger partial charge in [-0.05, 0) is 91.8 Å². The maximum atomic E-state index is 11.3. The third kappa shape index (κ3) is 6.58. The summed E-state index contributed by atoms with van der Waals surface area (Å²) in [6, 6.07) is 14.2. The summed E-state index contributed by atoms with van der Waals surface area (Å²) >= 11 is 0. The molecule has 10 nitrogen and oxygen atoms in total. The van der Waals surface area contributed by atoms with Crippen LogP contribution in [-0.4, -0.2) is 37.0 Å². The minimum atomic E-state index is -4.26. The minimum absolute atomic E-state index is 0.195. The number of aliphatic hydroxyl groups is 1. The van der Waals surface area contributed by atoms with Crippen LogP contribution in [0.5, 0.6) is 0 Å². The molecule has 0 amide bonds. The van der Waals surface area contributed by atoms with Gasteiger partial charge < -0.3 is 21.5 Å². The maximum absolute atomic E-state index is 11.3. The highest BCUT2D eigenvalue weighted by atomic mass is 32.2. The van der Waals surface area contributed by atoms with Gasteiger partial charge in [-0.2, -0.15) is 8.42 Å². The van der Waals surface area contributed by atoms with Gasteiger partial charge in [0.1, 0.15) is 12.6 Å². The van der Waals surface area contributed by atoms with Crippen molar-refractivity contribution in [2.45, 2.75) is 57.9 Å². The first-order chi connectivity index (χ1) is 17.4. The molecule has 1 aliphatic heterocycles. The van der Waals surface area contributed by atoms with E-state index in [0.29, 0.717) is 5.69 Å². The minimum Gasteiger partial charge on any atom is -0.398 e. The molecule has 3 unspecified atom stereocenters.